The van der Waals surface area contributed by atoms with Gasteiger partial charge in [0.15, 0.2) is 0 Å². The Labute approximate surface area is 113 Å². The number of pyridine rings is 1. The van der Waals surface area contributed by atoms with Gasteiger partial charge in [-0.3, -0.25) is 9.78 Å². The molecule has 1 amide bonds. The lowest BCUT2D eigenvalue weighted by Crippen LogP contribution is -2.26. The first-order valence-corrected chi connectivity index (χ1v) is 6.61. The largest absolute Gasteiger partial charge is 0.356 e. The van der Waals surface area contributed by atoms with Crippen molar-refractivity contribution in [1.82, 2.24) is 10.3 Å². The van der Waals surface area contributed by atoms with E-state index < -0.39 is 0 Å². The number of carbonyl (C=O) groups is 1. The first-order chi connectivity index (χ1) is 9.29. The lowest BCUT2D eigenvalue weighted by atomic mass is 10.1. The Hall–Kier alpha value is -1.94. The van der Waals surface area contributed by atoms with Crippen LogP contribution in [-0.4, -0.2) is 24.0 Å². The molecular formula is C15H19N3O. The molecule has 0 saturated carbocycles. The highest BCUT2D eigenvalue weighted by Crippen LogP contribution is 2.12. The lowest BCUT2D eigenvalue weighted by Gasteiger charge is -2.05. The van der Waals surface area contributed by atoms with Crippen molar-refractivity contribution >= 4 is 16.8 Å². The monoisotopic (exact) mass is 257 g/mol. The molecule has 1 aromatic carbocycles. The Bertz CT molecular complexity index is 554. The lowest BCUT2D eigenvalue weighted by molar-refractivity contribution is -0.121. The predicted octanol–water partition coefficient (Wildman–Crippen LogP) is 1.63. The van der Waals surface area contributed by atoms with Crippen molar-refractivity contribution in [2.24, 2.45) is 5.73 Å². The number of hydrogen-bond donors (Lipinski definition) is 2. The molecule has 2 aromatic rings. The molecule has 0 atom stereocenters. The minimum atomic E-state index is 0.0587. The molecule has 2 rings (SSSR count). The summed E-state index contributed by atoms with van der Waals surface area (Å²) in [6.07, 6.45) is 1.95. The molecule has 0 fully saturated rings. The van der Waals surface area contributed by atoms with Crippen molar-refractivity contribution in [2.45, 2.75) is 19.3 Å². The van der Waals surface area contributed by atoms with Gasteiger partial charge in [0, 0.05) is 24.0 Å². The minimum absolute atomic E-state index is 0.0587. The van der Waals surface area contributed by atoms with Gasteiger partial charge in [-0.1, -0.05) is 24.3 Å². The van der Waals surface area contributed by atoms with E-state index in [0.29, 0.717) is 25.9 Å². The Kier molecular flexibility index (Phi) is 4.86. The van der Waals surface area contributed by atoms with Crippen molar-refractivity contribution in [2.75, 3.05) is 13.1 Å². The molecule has 4 heteroatoms. The van der Waals surface area contributed by atoms with Gasteiger partial charge in [-0.2, -0.15) is 0 Å². The Morgan fingerprint density at radius 3 is 2.89 bits per heavy atom. The average molecular weight is 257 g/mol. The molecule has 0 unspecified atom stereocenters. The molecule has 0 aliphatic carbocycles. The number of amides is 1. The van der Waals surface area contributed by atoms with Gasteiger partial charge in [0.05, 0.1) is 5.52 Å². The van der Waals surface area contributed by atoms with Gasteiger partial charge in [0.25, 0.3) is 0 Å². The Morgan fingerprint density at radius 2 is 2.05 bits per heavy atom. The van der Waals surface area contributed by atoms with Crippen molar-refractivity contribution in [3.63, 3.8) is 0 Å². The zero-order valence-electron chi connectivity index (χ0n) is 10.9. The number of aromatic nitrogens is 1. The van der Waals surface area contributed by atoms with Gasteiger partial charge < -0.3 is 11.1 Å². The quantitative estimate of drug-likeness (QED) is 0.773. The number of benzene rings is 1. The fourth-order valence-corrected chi connectivity index (χ4v) is 1.91. The number of para-hydroxylation sites is 1. The van der Waals surface area contributed by atoms with E-state index in [0.717, 1.165) is 23.0 Å². The molecule has 100 valence electrons. The van der Waals surface area contributed by atoms with Gasteiger partial charge >= 0.3 is 0 Å². The normalized spacial score (nSPS) is 10.6. The van der Waals surface area contributed by atoms with Crippen molar-refractivity contribution in [3.05, 3.63) is 42.1 Å². The summed E-state index contributed by atoms with van der Waals surface area (Å²) in [6, 6.07) is 12.0. The maximum atomic E-state index is 11.6. The number of nitrogens with two attached hydrogens (primary N) is 1. The fraction of sp³-hybridized carbons (Fsp3) is 0.333. The van der Waals surface area contributed by atoms with E-state index in [-0.39, 0.29) is 5.91 Å². The van der Waals surface area contributed by atoms with Crippen molar-refractivity contribution in [1.29, 1.82) is 0 Å². The molecule has 19 heavy (non-hydrogen) atoms. The van der Waals surface area contributed by atoms with Gasteiger partial charge in [-0.05, 0) is 31.5 Å². The number of carbonyl (C=O) groups excluding carboxylic acids is 1. The summed E-state index contributed by atoms with van der Waals surface area (Å²) in [6.45, 7) is 1.26. The van der Waals surface area contributed by atoms with Crippen LogP contribution >= 0.6 is 0 Å². The highest BCUT2D eigenvalue weighted by Gasteiger charge is 2.03. The van der Waals surface area contributed by atoms with Crippen LogP contribution in [0.25, 0.3) is 10.9 Å². The Balaban J connectivity index is 1.89. The standard InChI is InChI=1S/C15H19N3O/c16-10-3-11-17-15(19)9-8-13-7-6-12-4-1-2-5-14(12)18-13/h1-2,4-7H,3,8-11,16H2,(H,17,19). The van der Waals surface area contributed by atoms with Gasteiger partial charge in [-0.15, -0.1) is 0 Å². The second kappa shape index (κ2) is 6.85. The number of rotatable bonds is 6. The van der Waals surface area contributed by atoms with E-state index in [2.05, 4.69) is 10.3 Å². The fourth-order valence-electron chi connectivity index (χ4n) is 1.91. The molecule has 3 N–H and O–H groups in total. The van der Waals surface area contributed by atoms with Gasteiger partial charge in [0.2, 0.25) is 5.91 Å². The minimum Gasteiger partial charge on any atom is -0.356 e. The SMILES string of the molecule is NCCCNC(=O)CCc1ccc2ccccc2n1. The summed E-state index contributed by atoms with van der Waals surface area (Å²) in [5.74, 6) is 0.0587. The molecule has 0 aliphatic heterocycles. The van der Waals surface area contributed by atoms with Crippen LogP contribution in [0.3, 0.4) is 0 Å². The second-order valence-corrected chi connectivity index (χ2v) is 4.49. The summed E-state index contributed by atoms with van der Waals surface area (Å²) < 4.78 is 0. The topological polar surface area (TPSA) is 68.0 Å². The van der Waals surface area contributed by atoms with E-state index >= 15 is 0 Å². The predicted molar refractivity (Wildman–Crippen MR) is 76.7 cm³/mol. The smallest absolute Gasteiger partial charge is 0.220 e. The van der Waals surface area contributed by atoms with Crippen LogP contribution in [0.1, 0.15) is 18.5 Å². The number of nitrogens with one attached hydrogen (secondary N) is 1. The zero-order valence-corrected chi connectivity index (χ0v) is 10.9. The number of hydrogen-bond acceptors (Lipinski definition) is 3. The third-order valence-corrected chi connectivity index (χ3v) is 2.97. The molecule has 0 aliphatic rings. The van der Waals surface area contributed by atoms with E-state index in [1.807, 2.05) is 36.4 Å². The molecular weight excluding hydrogens is 238 g/mol. The molecule has 1 heterocycles. The third kappa shape index (κ3) is 4.03. The number of aryl methyl sites for hydroxylation is 1. The van der Waals surface area contributed by atoms with E-state index in [1.165, 1.54) is 0 Å². The van der Waals surface area contributed by atoms with E-state index in [4.69, 9.17) is 5.73 Å². The molecule has 0 spiro atoms. The number of nitrogens with zero attached hydrogens (tertiary/aromatic N) is 1. The summed E-state index contributed by atoms with van der Waals surface area (Å²) in [5, 5.41) is 3.97. The second-order valence-electron chi connectivity index (χ2n) is 4.49. The van der Waals surface area contributed by atoms with E-state index in [9.17, 15) is 4.79 Å². The third-order valence-electron chi connectivity index (χ3n) is 2.97. The molecule has 1 aromatic heterocycles. The van der Waals surface area contributed by atoms with Crippen LogP contribution in [-0.2, 0) is 11.2 Å². The van der Waals surface area contributed by atoms with Crippen LogP contribution in [0.5, 0.6) is 0 Å². The first-order valence-electron chi connectivity index (χ1n) is 6.61. The molecule has 0 radical (unpaired) electrons. The van der Waals surface area contributed by atoms with Gasteiger partial charge in [0.1, 0.15) is 0 Å². The molecule has 0 bridgehead atoms. The average Bonchev–Trinajstić information content (AvgIpc) is 2.45. The van der Waals surface area contributed by atoms with Gasteiger partial charge in [-0.25, -0.2) is 0 Å². The zero-order chi connectivity index (χ0) is 13.5. The van der Waals surface area contributed by atoms with Crippen LogP contribution in [0.2, 0.25) is 0 Å². The maximum Gasteiger partial charge on any atom is 0.220 e. The van der Waals surface area contributed by atoms with Crippen LogP contribution < -0.4 is 11.1 Å². The maximum absolute atomic E-state index is 11.6. The van der Waals surface area contributed by atoms with E-state index in [1.54, 1.807) is 0 Å². The highest BCUT2D eigenvalue weighted by molar-refractivity contribution is 5.79. The summed E-state index contributed by atoms with van der Waals surface area (Å²) in [5.41, 5.74) is 7.30. The molecule has 4 nitrogen and oxygen atoms in total. The highest BCUT2D eigenvalue weighted by atomic mass is 16.1. The van der Waals surface area contributed by atoms with Crippen LogP contribution in [0.15, 0.2) is 36.4 Å². The summed E-state index contributed by atoms with van der Waals surface area (Å²) in [7, 11) is 0. The van der Waals surface area contributed by atoms with Crippen molar-refractivity contribution in [3.8, 4) is 0 Å². The Morgan fingerprint density at radius 1 is 1.21 bits per heavy atom. The molecule has 0 saturated heterocycles. The van der Waals surface area contributed by atoms with Crippen LogP contribution in [0, 0.1) is 0 Å². The summed E-state index contributed by atoms with van der Waals surface area (Å²) >= 11 is 0. The van der Waals surface area contributed by atoms with Crippen LogP contribution in [0.4, 0.5) is 0 Å². The first kappa shape index (κ1) is 13.5. The summed E-state index contributed by atoms with van der Waals surface area (Å²) in [4.78, 5) is 16.1. The van der Waals surface area contributed by atoms with Crippen molar-refractivity contribution < 1.29 is 4.79 Å². The number of fused-ring (bicyclic) bond motifs is 1.